The van der Waals surface area contributed by atoms with Crippen LogP contribution in [0.3, 0.4) is 0 Å². The predicted octanol–water partition coefficient (Wildman–Crippen LogP) is 3.66. The molecule has 0 saturated heterocycles. The molecule has 0 aliphatic heterocycles. The lowest BCUT2D eigenvalue weighted by molar-refractivity contribution is -0.109. The van der Waals surface area contributed by atoms with Crippen molar-refractivity contribution >= 4 is 47.1 Å². The third-order valence-electron chi connectivity index (χ3n) is 3.22. The van der Waals surface area contributed by atoms with Gasteiger partial charge in [-0.1, -0.05) is 30.3 Å². The van der Waals surface area contributed by atoms with E-state index >= 15 is 0 Å². The standard InChI is InChI=1S/C15H11NO2S2/c1-16-14(18)13(20-15(16)19)8-11-10-5-3-2-4-9(10)6-7-12(11)17/h2-8,18H,1H3/b11-8+. The Morgan fingerprint density at radius 2 is 2.05 bits per heavy atom. The highest BCUT2D eigenvalue weighted by Gasteiger charge is 2.18. The van der Waals surface area contributed by atoms with E-state index in [1.807, 2.05) is 30.3 Å². The van der Waals surface area contributed by atoms with Crippen molar-refractivity contribution in [2.45, 2.75) is 0 Å². The summed E-state index contributed by atoms with van der Waals surface area (Å²) in [5.74, 6) is 0.0254. The number of allylic oxidation sites excluding steroid dienone is 2. The van der Waals surface area contributed by atoms with E-state index in [1.54, 1.807) is 19.2 Å². The molecule has 0 unspecified atom stereocenters. The Hall–Kier alpha value is -1.98. The number of ketones is 1. The molecule has 0 amide bonds. The molecular weight excluding hydrogens is 290 g/mol. The lowest BCUT2D eigenvalue weighted by atomic mass is 9.91. The third-order valence-corrected chi connectivity index (χ3v) is 4.71. The van der Waals surface area contributed by atoms with Gasteiger partial charge in [-0.3, -0.25) is 9.36 Å². The summed E-state index contributed by atoms with van der Waals surface area (Å²) in [6.45, 7) is 0. The van der Waals surface area contributed by atoms with E-state index in [-0.39, 0.29) is 11.7 Å². The van der Waals surface area contributed by atoms with Crippen LogP contribution in [0.25, 0.3) is 17.7 Å². The van der Waals surface area contributed by atoms with Gasteiger partial charge in [-0.2, -0.15) is 0 Å². The van der Waals surface area contributed by atoms with Crippen molar-refractivity contribution < 1.29 is 9.90 Å². The van der Waals surface area contributed by atoms with Crippen molar-refractivity contribution in [1.82, 2.24) is 4.57 Å². The van der Waals surface area contributed by atoms with Gasteiger partial charge >= 0.3 is 0 Å². The molecule has 0 bridgehead atoms. The van der Waals surface area contributed by atoms with Gasteiger partial charge in [-0.25, -0.2) is 0 Å². The van der Waals surface area contributed by atoms with Crippen LogP contribution < -0.4 is 0 Å². The Morgan fingerprint density at radius 3 is 2.75 bits per heavy atom. The monoisotopic (exact) mass is 301 g/mol. The molecule has 0 radical (unpaired) electrons. The van der Waals surface area contributed by atoms with Gasteiger partial charge < -0.3 is 5.11 Å². The third kappa shape index (κ3) is 2.05. The number of fused-ring (bicyclic) bond motifs is 1. The first kappa shape index (κ1) is 13.0. The van der Waals surface area contributed by atoms with Crippen LogP contribution >= 0.6 is 23.6 Å². The van der Waals surface area contributed by atoms with E-state index in [0.29, 0.717) is 14.4 Å². The molecule has 1 aromatic heterocycles. The molecule has 0 saturated carbocycles. The molecule has 1 aliphatic rings. The van der Waals surface area contributed by atoms with Crippen molar-refractivity contribution in [2.75, 3.05) is 0 Å². The largest absolute Gasteiger partial charge is 0.493 e. The Labute approximate surface area is 125 Å². The summed E-state index contributed by atoms with van der Waals surface area (Å²) in [5.41, 5.74) is 2.45. The topological polar surface area (TPSA) is 42.2 Å². The van der Waals surface area contributed by atoms with Gasteiger partial charge in [0.15, 0.2) is 9.74 Å². The maximum atomic E-state index is 12.1. The van der Waals surface area contributed by atoms with Crippen molar-refractivity contribution in [3.05, 3.63) is 50.3 Å². The molecular formula is C15H11NO2S2. The van der Waals surface area contributed by atoms with E-state index in [1.165, 1.54) is 15.9 Å². The number of benzene rings is 1. The summed E-state index contributed by atoms with van der Waals surface area (Å²) in [4.78, 5) is 12.7. The highest BCUT2D eigenvalue weighted by Crippen LogP contribution is 2.33. The second-order valence-electron chi connectivity index (χ2n) is 4.46. The Morgan fingerprint density at radius 1 is 1.30 bits per heavy atom. The van der Waals surface area contributed by atoms with Crippen LogP contribution in [-0.2, 0) is 11.8 Å². The molecule has 5 heteroatoms. The van der Waals surface area contributed by atoms with Crippen molar-refractivity contribution in [3.63, 3.8) is 0 Å². The van der Waals surface area contributed by atoms with Crippen molar-refractivity contribution in [2.24, 2.45) is 7.05 Å². The molecule has 3 rings (SSSR count). The minimum absolute atomic E-state index is 0.0647. The van der Waals surface area contributed by atoms with E-state index in [9.17, 15) is 9.90 Å². The summed E-state index contributed by atoms with van der Waals surface area (Å²) in [6, 6.07) is 7.69. The zero-order valence-corrected chi connectivity index (χ0v) is 12.3. The van der Waals surface area contributed by atoms with Crippen LogP contribution in [0.2, 0.25) is 0 Å². The van der Waals surface area contributed by atoms with Crippen molar-refractivity contribution in [3.8, 4) is 5.88 Å². The number of aromatic nitrogens is 1. The maximum absolute atomic E-state index is 12.1. The number of hydrogen-bond acceptors (Lipinski definition) is 4. The fourth-order valence-corrected chi connectivity index (χ4v) is 3.28. The van der Waals surface area contributed by atoms with Gasteiger partial charge in [0, 0.05) is 12.6 Å². The maximum Gasteiger partial charge on any atom is 0.210 e. The molecule has 0 spiro atoms. The number of carbonyl (C=O) groups is 1. The molecule has 1 N–H and O–H groups in total. The fourth-order valence-electron chi connectivity index (χ4n) is 2.11. The highest BCUT2D eigenvalue weighted by molar-refractivity contribution is 7.73. The minimum atomic E-state index is -0.0647. The number of hydrogen-bond donors (Lipinski definition) is 1. The van der Waals surface area contributed by atoms with Crippen LogP contribution in [0, 0.1) is 3.95 Å². The minimum Gasteiger partial charge on any atom is -0.493 e. The van der Waals surface area contributed by atoms with Gasteiger partial charge in [0.1, 0.15) is 0 Å². The van der Waals surface area contributed by atoms with Crippen LogP contribution in [0.1, 0.15) is 16.0 Å². The molecule has 1 aromatic carbocycles. The normalized spacial score (nSPS) is 15.7. The lowest BCUT2D eigenvalue weighted by Crippen LogP contribution is -2.04. The van der Waals surface area contributed by atoms with Crippen LogP contribution in [0.5, 0.6) is 5.88 Å². The average molecular weight is 301 g/mol. The van der Waals surface area contributed by atoms with Crippen molar-refractivity contribution in [1.29, 1.82) is 0 Å². The number of rotatable bonds is 1. The van der Waals surface area contributed by atoms with Gasteiger partial charge in [0.05, 0.1) is 4.88 Å². The van der Waals surface area contributed by atoms with E-state index in [4.69, 9.17) is 12.2 Å². The van der Waals surface area contributed by atoms with E-state index in [0.717, 1.165) is 11.1 Å². The fraction of sp³-hybridized carbons (Fsp3) is 0.0667. The molecule has 1 aliphatic carbocycles. The Balaban J connectivity index is 2.20. The number of carbonyl (C=O) groups excluding carboxylic acids is 1. The highest BCUT2D eigenvalue weighted by atomic mass is 32.1. The molecule has 2 aromatic rings. The van der Waals surface area contributed by atoms with Gasteiger partial charge in [-0.15, -0.1) is 11.3 Å². The van der Waals surface area contributed by atoms with Crippen LogP contribution in [0.15, 0.2) is 30.3 Å². The number of thiazole rings is 1. The summed E-state index contributed by atoms with van der Waals surface area (Å²) >= 11 is 6.42. The number of nitrogens with zero attached hydrogens (tertiary/aromatic N) is 1. The van der Waals surface area contributed by atoms with Gasteiger partial charge in [0.2, 0.25) is 5.88 Å². The molecule has 100 valence electrons. The predicted molar refractivity (Wildman–Crippen MR) is 84.1 cm³/mol. The lowest BCUT2D eigenvalue weighted by Gasteiger charge is -2.12. The zero-order chi connectivity index (χ0) is 14.3. The molecule has 3 nitrogen and oxygen atoms in total. The Bertz CT molecular complexity index is 825. The molecule has 20 heavy (non-hydrogen) atoms. The quantitative estimate of drug-likeness (QED) is 0.645. The van der Waals surface area contributed by atoms with E-state index in [2.05, 4.69) is 0 Å². The summed E-state index contributed by atoms with van der Waals surface area (Å²) in [5, 5.41) is 10.0. The summed E-state index contributed by atoms with van der Waals surface area (Å²) in [6.07, 6.45) is 5.07. The SMILES string of the molecule is Cn1c(O)c(/C=C2/C(=O)C=Cc3ccccc32)sc1=S. The summed E-state index contributed by atoms with van der Waals surface area (Å²) < 4.78 is 2.10. The van der Waals surface area contributed by atoms with E-state index < -0.39 is 0 Å². The number of aromatic hydroxyl groups is 1. The second-order valence-corrected chi connectivity index (χ2v) is 6.13. The molecule has 0 atom stereocenters. The first-order valence-electron chi connectivity index (χ1n) is 6.00. The van der Waals surface area contributed by atoms with Crippen LogP contribution in [0.4, 0.5) is 0 Å². The zero-order valence-electron chi connectivity index (χ0n) is 10.7. The smallest absolute Gasteiger partial charge is 0.210 e. The first-order valence-corrected chi connectivity index (χ1v) is 7.22. The first-order chi connectivity index (χ1) is 9.58. The Kier molecular flexibility index (Phi) is 3.16. The average Bonchev–Trinajstić information content (AvgIpc) is 2.69. The van der Waals surface area contributed by atoms with Gasteiger partial charge in [-0.05, 0) is 35.5 Å². The van der Waals surface area contributed by atoms with Gasteiger partial charge in [0.25, 0.3) is 0 Å². The molecule has 1 heterocycles. The van der Waals surface area contributed by atoms with Crippen LogP contribution in [-0.4, -0.2) is 15.5 Å². The summed E-state index contributed by atoms with van der Waals surface area (Å²) in [7, 11) is 1.70. The second kappa shape index (κ2) is 4.85. The molecule has 0 fully saturated rings.